The van der Waals surface area contributed by atoms with Gasteiger partial charge in [-0.25, -0.2) is 0 Å². The van der Waals surface area contributed by atoms with E-state index in [0.29, 0.717) is 40.8 Å². The zero-order chi connectivity index (χ0) is 25.6. The van der Waals surface area contributed by atoms with Crippen LogP contribution < -0.4 is 0 Å². The Balaban J connectivity index is 1.34. The Hall–Kier alpha value is -0.123. The first kappa shape index (κ1) is 26.5. The second-order valence-electron chi connectivity index (χ2n) is 15.8. The average Bonchev–Trinajstić information content (AvgIpc) is 3.31. The van der Waals surface area contributed by atoms with Crippen molar-refractivity contribution in [3.8, 4) is 0 Å². The van der Waals surface area contributed by atoms with Gasteiger partial charge in [0.1, 0.15) is 0 Å². The van der Waals surface area contributed by atoms with Crippen LogP contribution in [0.2, 0.25) is 24.7 Å². The van der Waals surface area contributed by atoms with Crippen molar-refractivity contribution >= 4 is 8.07 Å². The highest BCUT2D eigenvalue weighted by Gasteiger charge is 2.77. The largest absolute Gasteiger partial charge is 0.396 e. The summed E-state index contributed by atoms with van der Waals surface area (Å²) in [6.45, 7) is 20.1. The number of methoxy groups -OCH3 is 1. The molecule has 0 aliphatic heterocycles. The molecule has 5 rings (SSSR count). The molecule has 0 saturated heterocycles. The summed E-state index contributed by atoms with van der Waals surface area (Å²) < 4.78 is 6.33. The van der Waals surface area contributed by atoms with Crippen LogP contribution in [-0.4, -0.2) is 33.0 Å². The van der Waals surface area contributed by atoms with Crippen molar-refractivity contribution in [1.29, 1.82) is 0 Å². The van der Waals surface area contributed by atoms with Crippen molar-refractivity contribution < 1.29 is 9.84 Å². The number of fused-ring (bicyclic) bond motifs is 4. The molecule has 1 N–H and O–H groups in total. The van der Waals surface area contributed by atoms with E-state index < -0.39 is 8.07 Å². The highest BCUT2D eigenvalue weighted by molar-refractivity contribution is 6.79. The van der Waals surface area contributed by atoms with Gasteiger partial charge in [0.25, 0.3) is 0 Å². The SMILES string of the molecule is CO[C@@H]1CC2C3CC[C@H]([C@H](C)/C=C/[C@@H](C)C(C)(CO)[Si](C)(C)C)[C@@]3(C)CCC2[C@@]2(C)CCC3CC312. The fourth-order valence-electron chi connectivity index (χ4n) is 11.2. The van der Waals surface area contributed by atoms with Gasteiger partial charge in [-0.15, -0.1) is 0 Å². The summed E-state index contributed by atoms with van der Waals surface area (Å²) in [4.78, 5) is 0. The number of rotatable bonds is 7. The van der Waals surface area contributed by atoms with Crippen LogP contribution in [0.3, 0.4) is 0 Å². The minimum atomic E-state index is -1.48. The van der Waals surface area contributed by atoms with Crippen LogP contribution in [-0.2, 0) is 4.74 Å². The van der Waals surface area contributed by atoms with Gasteiger partial charge < -0.3 is 9.84 Å². The van der Waals surface area contributed by atoms with E-state index in [4.69, 9.17) is 4.74 Å². The maximum atomic E-state index is 10.3. The van der Waals surface area contributed by atoms with Crippen LogP contribution in [0.15, 0.2) is 12.2 Å². The van der Waals surface area contributed by atoms with Gasteiger partial charge in [0.05, 0.1) is 14.2 Å². The number of ether oxygens (including phenoxy) is 1. The monoisotopic (exact) mass is 500 g/mol. The van der Waals surface area contributed by atoms with E-state index >= 15 is 0 Å². The fraction of sp³-hybridized carbons (Fsp3) is 0.938. The molecule has 6 unspecified atom stereocenters. The van der Waals surface area contributed by atoms with Crippen molar-refractivity contribution in [2.24, 2.45) is 57.7 Å². The number of aliphatic hydroxyl groups excluding tert-OH is 1. The predicted molar refractivity (Wildman–Crippen MR) is 150 cm³/mol. The molecule has 200 valence electrons. The van der Waals surface area contributed by atoms with E-state index in [-0.39, 0.29) is 5.04 Å². The Morgan fingerprint density at radius 3 is 2.34 bits per heavy atom. The quantitative estimate of drug-likeness (QED) is 0.282. The van der Waals surface area contributed by atoms with E-state index in [1.807, 2.05) is 7.11 Å². The Morgan fingerprint density at radius 2 is 1.74 bits per heavy atom. The molecular weight excluding hydrogens is 444 g/mol. The van der Waals surface area contributed by atoms with Gasteiger partial charge in [0.2, 0.25) is 0 Å². The van der Waals surface area contributed by atoms with Crippen LogP contribution >= 0.6 is 0 Å². The highest BCUT2D eigenvalue weighted by atomic mass is 28.3. The van der Waals surface area contributed by atoms with Crippen LogP contribution in [0.5, 0.6) is 0 Å². The lowest BCUT2D eigenvalue weighted by Crippen LogP contribution is -2.57. The third kappa shape index (κ3) is 3.45. The minimum absolute atomic E-state index is 0.0357. The molecule has 5 aliphatic rings. The maximum absolute atomic E-state index is 10.3. The Kier molecular flexibility index (Phi) is 6.38. The van der Waals surface area contributed by atoms with Gasteiger partial charge in [0, 0.05) is 19.1 Å². The molecule has 0 aromatic rings. The van der Waals surface area contributed by atoms with Crippen molar-refractivity contribution in [1.82, 2.24) is 0 Å². The fourth-order valence-corrected chi connectivity index (χ4v) is 13.2. The smallest absolute Gasteiger partial charge is 0.0638 e. The Bertz CT molecular complexity index is 847. The predicted octanol–water partition coefficient (Wildman–Crippen LogP) is 8.19. The molecule has 0 aromatic carbocycles. The normalized spacial score (nSPS) is 50.1. The molecule has 12 atom stereocenters. The molecule has 0 radical (unpaired) electrons. The second-order valence-corrected chi connectivity index (χ2v) is 21.5. The molecule has 5 saturated carbocycles. The van der Waals surface area contributed by atoms with Gasteiger partial charge in [-0.1, -0.05) is 66.4 Å². The summed E-state index contributed by atoms with van der Waals surface area (Å²) in [7, 11) is 0.532. The molecular formula is C32H56O2Si. The van der Waals surface area contributed by atoms with Gasteiger partial charge in [-0.2, -0.15) is 0 Å². The van der Waals surface area contributed by atoms with Crippen molar-refractivity contribution in [3.63, 3.8) is 0 Å². The van der Waals surface area contributed by atoms with Crippen LogP contribution in [0, 0.1) is 57.7 Å². The van der Waals surface area contributed by atoms with E-state index in [0.717, 1.165) is 29.6 Å². The highest BCUT2D eigenvalue weighted by Crippen LogP contribution is 2.82. The third-order valence-corrected chi connectivity index (χ3v) is 18.3. The van der Waals surface area contributed by atoms with E-state index in [9.17, 15) is 5.11 Å². The van der Waals surface area contributed by atoms with Gasteiger partial charge in [-0.3, -0.25) is 0 Å². The second kappa shape index (κ2) is 8.44. The standard InChI is InChI=1S/C32H56O2Si/c1-21(10-11-22(2)31(5,20-33)35(7,8)9)25-12-13-26-24-18-28(34-6)32-19-23(32)14-17-30(32,4)27(24)15-16-29(25,26)3/h10-11,21-28,33H,12-20H2,1-9H3/b11-10+/t21-,22-,23?,24?,25-,26?,27?,28-,29-,30-,31?,32?/m1/s1. The first-order chi connectivity index (χ1) is 16.3. The number of hydrogen-bond acceptors (Lipinski definition) is 2. The topological polar surface area (TPSA) is 29.5 Å². The first-order valence-corrected chi connectivity index (χ1v) is 18.6. The molecule has 3 heteroatoms. The van der Waals surface area contributed by atoms with Crippen LogP contribution in [0.1, 0.15) is 86.0 Å². The summed E-state index contributed by atoms with van der Waals surface area (Å²) in [5, 5.41) is 10.3. The zero-order valence-electron chi connectivity index (χ0n) is 24.5. The molecule has 2 nitrogen and oxygen atoms in total. The van der Waals surface area contributed by atoms with Crippen molar-refractivity contribution in [3.05, 3.63) is 12.2 Å². The maximum Gasteiger partial charge on any atom is 0.0638 e. The molecule has 35 heavy (non-hydrogen) atoms. The van der Waals surface area contributed by atoms with Gasteiger partial charge in [0.15, 0.2) is 0 Å². The Labute approximate surface area is 218 Å². The average molecular weight is 501 g/mol. The summed E-state index contributed by atoms with van der Waals surface area (Å²) in [6.07, 6.45) is 17.0. The van der Waals surface area contributed by atoms with Gasteiger partial charge >= 0.3 is 0 Å². The lowest BCUT2D eigenvalue weighted by Gasteiger charge is -2.61. The molecule has 5 aliphatic carbocycles. The van der Waals surface area contributed by atoms with Crippen molar-refractivity contribution in [2.45, 2.75) is 117 Å². The molecule has 1 spiro atoms. The van der Waals surface area contributed by atoms with Crippen LogP contribution in [0.25, 0.3) is 0 Å². The summed E-state index contributed by atoms with van der Waals surface area (Å²) in [5.41, 5.74) is 1.55. The minimum Gasteiger partial charge on any atom is -0.396 e. The number of allylic oxidation sites excluding steroid dienone is 2. The molecule has 0 bridgehead atoms. The molecule has 0 amide bonds. The molecule has 0 heterocycles. The van der Waals surface area contributed by atoms with E-state index in [1.165, 1.54) is 51.4 Å². The first-order valence-electron chi connectivity index (χ1n) is 15.1. The van der Waals surface area contributed by atoms with Gasteiger partial charge in [-0.05, 0) is 109 Å². The third-order valence-electron chi connectivity index (χ3n) is 14.3. The Morgan fingerprint density at radius 1 is 1.03 bits per heavy atom. The number of aliphatic hydroxyl groups is 1. The molecule has 0 aromatic heterocycles. The summed E-state index contributed by atoms with van der Waals surface area (Å²) >= 11 is 0. The molecule has 5 fully saturated rings. The van der Waals surface area contributed by atoms with Crippen molar-refractivity contribution in [2.75, 3.05) is 13.7 Å². The van der Waals surface area contributed by atoms with E-state index in [2.05, 4.69) is 66.4 Å². The van der Waals surface area contributed by atoms with Crippen LogP contribution in [0.4, 0.5) is 0 Å². The zero-order valence-corrected chi connectivity index (χ0v) is 25.5. The number of hydrogen-bond donors (Lipinski definition) is 1. The summed E-state index contributed by atoms with van der Waals surface area (Å²) in [6, 6.07) is 0. The lowest BCUT2D eigenvalue weighted by molar-refractivity contribution is -0.160. The lowest BCUT2D eigenvalue weighted by atomic mass is 9.45. The summed E-state index contributed by atoms with van der Waals surface area (Å²) in [5.74, 6) is 5.50. The van der Waals surface area contributed by atoms with E-state index in [1.54, 1.807) is 0 Å².